The van der Waals surface area contributed by atoms with Crippen LogP contribution in [0.25, 0.3) is 10.9 Å². The average Bonchev–Trinajstić information content (AvgIpc) is 2.82. The zero-order chi connectivity index (χ0) is 24.6. The second-order valence-corrected chi connectivity index (χ2v) is 8.39. The molecule has 4 rings (SSSR count). The maximum Gasteiger partial charge on any atom is 0.257 e. The molecule has 2 aromatic carbocycles. The van der Waals surface area contributed by atoms with Crippen LogP contribution in [0.3, 0.4) is 0 Å². The summed E-state index contributed by atoms with van der Waals surface area (Å²) in [6, 6.07) is 7.13. The first-order valence-corrected chi connectivity index (χ1v) is 10.7. The van der Waals surface area contributed by atoms with Gasteiger partial charge in [-0.25, -0.2) is 26.9 Å². The van der Waals surface area contributed by atoms with Crippen molar-refractivity contribution >= 4 is 28.6 Å². The van der Waals surface area contributed by atoms with Crippen molar-refractivity contribution < 1.29 is 26.7 Å². The van der Waals surface area contributed by atoms with Crippen molar-refractivity contribution in [3.63, 3.8) is 0 Å². The summed E-state index contributed by atoms with van der Waals surface area (Å²) >= 11 is 0. The fourth-order valence-corrected chi connectivity index (χ4v) is 4.09. The molecule has 34 heavy (non-hydrogen) atoms. The average molecular weight is 479 g/mol. The maximum absolute atomic E-state index is 13.9. The number of anilines is 2. The molecule has 0 spiro atoms. The lowest BCUT2D eigenvalue weighted by Gasteiger charge is -2.30. The van der Waals surface area contributed by atoms with Gasteiger partial charge in [0, 0.05) is 31.6 Å². The molecule has 1 amide bonds. The van der Waals surface area contributed by atoms with Crippen LogP contribution in [-0.4, -0.2) is 42.1 Å². The van der Waals surface area contributed by atoms with E-state index >= 15 is 0 Å². The smallest absolute Gasteiger partial charge is 0.257 e. The van der Waals surface area contributed by atoms with Gasteiger partial charge in [-0.05, 0) is 37.8 Å². The number of hydrogen-bond acceptors (Lipinski definition) is 5. The number of benzene rings is 2. The van der Waals surface area contributed by atoms with Crippen molar-refractivity contribution in [2.75, 3.05) is 24.3 Å². The van der Waals surface area contributed by atoms with Crippen LogP contribution >= 0.6 is 0 Å². The van der Waals surface area contributed by atoms with Crippen LogP contribution in [0.1, 0.15) is 36.0 Å². The first-order valence-electron chi connectivity index (χ1n) is 10.7. The highest BCUT2D eigenvalue weighted by Gasteiger charge is 2.31. The second kappa shape index (κ2) is 9.40. The number of carbonyl (C=O) groups excluding carboxylic acids is 1. The minimum atomic E-state index is -2.30. The summed E-state index contributed by atoms with van der Waals surface area (Å²) in [5.41, 5.74) is -0.690. The summed E-state index contributed by atoms with van der Waals surface area (Å²) in [7, 11) is 3.77. The number of para-hydroxylation sites is 1. The van der Waals surface area contributed by atoms with Crippen LogP contribution in [0.15, 0.2) is 24.3 Å². The molecule has 0 atom stereocenters. The van der Waals surface area contributed by atoms with E-state index < -0.39 is 46.6 Å². The van der Waals surface area contributed by atoms with E-state index in [1.165, 1.54) is 0 Å². The van der Waals surface area contributed by atoms with Gasteiger partial charge in [0.1, 0.15) is 11.4 Å². The lowest BCUT2D eigenvalue weighted by Crippen LogP contribution is -2.41. The molecule has 1 aliphatic rings. The van der Waals surface area contributed by atoms with Crippen LogP contribution < -0.4 is 15.5 Å². The molecule has 0 bridgehead atoms. The van der Waals surface area contributed by atoms with Gasteiger partial charge < -0.3 is 15.5 Å². The van der Waals surface area contributed by atoms with Crippen molar-refractivity contribution in [1.29, 1.82) is 0 Å². The van der Waals surface area contributed by atoms with Crippen LogP contribution in [0.4, 0.5) is 33.7 Å². The standard InChI is InChI=1S/C23H22F5N5O/c1-33(2)21-13-5-3-4-6-14(13)31-23(32-21)30-12-9-7-11(8-10-12)29-22(34)15-16(24)18(26)20(28)19(27)17(15)25/h3-6,11-12H,7-10H2,1-2H3,(H,29,34)(H,30,31,32)/t11-,12+. The number of hydrogen-bond donors (Lipinski definition) is 2. The van der Waals surface area contributed by atoms with E-state index in [1.807, 2.05) is 43.3 Å². The topological polar surface area (TPSA) is 70.2 Å². The molecule has 0 radical (unpaired) electrons. The van der Waals surface area contributed by atoms with Crippen molar-refractivity contribution in [3.8, 4) is 0 Å². The second-order valence-electron chi connectivity index (χ2n) is 8.39. The van der Waals surface area contributed by atoms with Crippen molar-refractivity contribution in [2.24, 2.45) is 0 Å². The molecule has 1 saturated carbocycles. The number of nitrogens with one attached hydrogen (secondary N) is 2. The Morgan fingerprint density at radius 1 is 0.853 bits per heavy atom. The van der Waals surface area contributed by atoms with E-state index in [4.69, 9.17) is 0 Å². The summed E-state index contributed by atoms with van der Waals surface area (Å²) < 4.78 is 67.8. The molecular weight excluding hydrogens is 457 g/mol. The van der Waals surface area contributed by atoms with Crippen molar-refractivity contribution in [3.05, 3.63) is 58.9 Å². The summed E-state index contributed by atoms with van der Waals surface area (Å²) in [6.45, 7) is 0. The maximum atomic E-state index is 13.9. The highest BCUT2D eigenvalue weighted by molar-refractivity contribution is 5.95. The monoisotopic (exact) mass is 479 g/mol. The Hall–Kier alpha value is -3.50. The highest BCUT2D eigenvalue weighted by Crippen LogP contribution is 2.27. The number of aromatic nitrogens is 2. The Morgan fingerprint density at radius 3 is 2.03 bits per heavy atom. The van der Waals surface area contributed by atoms with E-state index in [0.717, 1.165) is 16.7 Å². The van der Waals surface area contributed by atoms with Gasteiger partial charge in [0.05, 0.1) is 5.52 Å². The van der Waals surface area contributed by atoms with Gasteiger partial charge in [0.25, 0.3) is 5.91 Å². The van der Waals surface area contributed by atoms with E-state index in [0.29, 0.717) is 31.6 Å². The quantitative estimate of drug-likeness (QED) is 0.319. The molecular formula is C23H22F5N5O. The third kappa shape index (κ3) is 4.46. The lowest BCUT2D eigenvalue weighted by atomic mass is 9.91. The van der Waals surface area contributed by atoms with E-state index in [9.17, 15) is 26.7 Å². The predicted molar refractivity (Wildman–Crippen MR) is 117 cm³/mol. The molecule has 1 fully saturated rings. The molecule has 1 heterocycles. The largest absolute Gasteiger partial charge is 0.362 e. The van der Waals surface area contributed by atoms with Gasteiger partial charge in [-0.1, -0.05) is 12.1 Å². The van der Waals surface area contributed by atoms with E-state index in [-0.39, 0.29) is 6.04 Å². The van der Waals surface area contributed by atoms with E-state index in [1.54, 1.807) is 0 Å². The molecule has 0 saturated heterocycles. The van der Waals surface area contributed by atoms with Gasteiger partial charge in [-0.2, -0.15) is 4.98 Å². The minimum Gasteiger partial charge on any atom is -0.362 e. The van der Waals surface area contributed by atoms with Gasteiger partial charge in [0.15, 0.2) is 23.3 Å². The first-order chi connectivity index (χ1) is 16.2. The van der Waals surface area contributed by atoms with Gasteiger partial charge in [-0.3, -0.25) is 4.79 Å². The molecule has 2 N–H and O–H groups in total. The number of nitrogens with zero attached hydrogens (tertiary/aromatic N) is 3. The predicted octanol–water partition coefficient (Wildman–Crippen LogP) is 4.54. The zero-order valence-corrected chi connectivity index (χ0v) is 18.4. The molecule has 0 aliphatic heterocycles. The van der Waals surface area contributed by atoms with Crippen LogP contribution in [-0.2, 0) is 0 Å². The summed E-state index contributed by atoms with van der Waals surface area (Å²) in [4.78, 5) is 23.3. The Bertz CT molecular complexity index is 1220. The minimum absolute atomic E-state index is 0.0153. The van der Waals surface area contributed by atoms with Gasteiger partial charge >= 0.3 is 0 Å². The van der Waals surface area contributed by atoms with Crippen molar-refractivity contribution in [1.82, 2.24) is 15.3 Å². The Morgan fingerprint density at radius 2 is 1.41 bits per heavy atom. The molecule has 180 valence electrons. The SMILES string of the molecule is CN(C)c1nc(N[C@H]2CC[C@@H](NC(=O)c3c(F)c(F)c(F)c(F)c3F)CC2)nc2ccccc12. The number of fused-ring (bicyclic) bond motifs is 1. The third-order valence-corrected chi connectivity index (χ3v) is 5.84. The molecule has 6 nitrogen and oxygen atoms in total. The molecule has 11 heteroatoms. The Kier molecular flexibility index (Phi) is 6.54. The number of rotatable bonds is 5. The molecule has 0 unspecified atom stereocenters. The first kappa shape index (κ1) is 23.7. The fourth-order valence-electron chi connectivity index (χ4n) is 4.09. The van der Waals surface area contributed by atoms with Crippen molar-refractivity contribution in [2.45, 2.75) is 37.8 Å². The molecule has 1 aromatic heterocycles. The van der Waals surface area contributed by atoms with Crippen LogP contribution in [0.5, 0.6) is 0 Å². The summed E-state index contributed by atoms with van der Waals surface area (Å²) in [5.74, 6) is -11.0. The Balaban J connectivity index is 1.42. The number of halogens is 5. The van der Waals surface area contributed by atoms with Crippen LogP contribution in [0.2, 0.25) is 0 Å². The third-order valence-electron chi connectivity index (χ3n) is 5.84. The highest BCUT2D eigenvalue weighted by atomic mass is 19.2. The number of amides is 1. The van der Waals surface area contributed by atoms with Gasteiger partial charge in [0.2, 0.25) is 11.8 Å². The summed E-state index contributed by atoms with van der Waals surface area (Å²) in [5, 5.41) is 6.59. The molecule has 3 aromatic rings. The molecule has 1 aliphatic carbocycles. The zero-order valence-electron chi connectivity index (χ0n) is 18.4. The lowest BCUT2D eigenvalue weighted by molar-refractivity contribution is 0.0914. The number of carbonyl (C=O) groups is 1. The van der Waals surface area contributed by atoms with Gasteiger partial charge in [-0.15, -0.1) is 0 Å². The van der Waals surface area contributed by atoms with E-state index in [2.05, 4.69) is 20.6 Å². The fraction of sp³-hybridized carbons (Fsp3) is 0.348. The normalized spacial score (nSPS) is 18.1. The summed E-state index contributed by atoms with van der Waals surface area (Å²) in [6.07, 6.45) is 2.03. The van der Waals surface area contributed by atoms with Crippen LogP contribution in [0, 0.1) is 29.1 Å². The Labute approximate surface area is 192 Å².